The van der Waals surface area contributed by atoms with Crippen LogP contribution in [0.5, 0.6) is 0 Å². The van der Waals surface area contributed by atoms with Crippen LogP contribution in [-0.4, -0.2) is 30.6 Å². The molecule has 0 heterocycles. The molecule has 1 fully saturated rings. The van der Waals surface area contributed by atoms with Crippen molar-refractivity contribution in [2.45, 2.75) is 18.9 Å². The van der Waals surface area contributed by atoms with Crippen LogP contribution in [0.25, 0.3) is 0 Å². The Hall–Kier alpha value is -2.44. The van der Waals surface area contributed by atoms with Gasteiger partial charge in [-0.15, -0.1) is 6.58 Å². The number of esters is 1. The standard InChI is InChI=1S/C14H15FN2O4/c1-3-6-16(9-4-5-9)12-7-10(14(18)21-2)11(15)8-13(12)17(19)20/h3,7-9H,1,4-6H2,2H3. The van der Waals surface area contributed by atoms with Crippen LogP contribution in [0.4, 0.5) is 15.8 Å². The average molecular weight is 294 g/mol. The van der Waals surface area contributed by atoms with Crippen LogP contribution in [0, 0.1) is 15.9 Å². The van der Waals surface area contributed by atoms with Gasteiger partial charge in [-0.3, -0.25) is 10.1 Å². The normalized spacial score (nSPS) is 13.6. The van der Waals surface area contributed by atoms with Crippen LogP contribution in [0.1, 0.15) is 23.2 Å². The van der Waals surface area contributed by atoms with E-state index in [0.29, 0.717) is 6.54 Å². The summed E-state index contributed by atoms with van der Waals surface area (Å²) < 4.78 is 18.4. The minimum Gasteiger partial charge on any atom is -0.465 e. The van der Waals surface area contributed by atoms with Gasteiger partial charge in [0.15, 0.2) is 0 Å². The van der Waals surface area contributed by atoms with Crippen LogP contribution in [-0.2, 0) is 4.74 Å². The van der Waals surface area contributed by atoms with Crippen LogP contribution >= 0.6 is 0 Å². The van der Waals surface area contributed by atoms with Gasteiger partial charge in [0.2, 0.25) is 0 Å². The first-order valence-corrected chi connectivity index (χ1v) is 6.43. The summed E-state index contributed by atoms with van der Waals surface area (Å²) in [7, 11) is 1.13. The molecule has 0 bridgehead atoms. The number of nitrogens with zero attached hydrogens (tertiary/aromatic N) is 2. The zero-order valence-electron chi connectivity index (χ0n) is 11.5. The molecule has 0 atom stereocenters. The first kappa shape index (κ1) is 15.0. The first-order valence-electron chi connectivity index (χ1n) is 6.43. The summed E-state index contributed by atoms with van der Waals surface area (Å²) >= 11 is 0. The van der Waals surface area contributed by atoms with Crippen molar-refractivity contribution in [3.05, 3.63) is 46.3 Å². The maximum atomic E-state index is 13.8. The summed E-state index contributed by atoms with van der Waals surface area (Å²) in [4.78, 5) is 23.8. The smallest absolute Gasteiger partial charge is 0.340 e. The highest BCUT2D eigenvalue weighted by atomic mass is 19.1. The zero-order chi connectivity index (χ0) is 15.6. The van der Waals surface area contributed by atoms with Crippen LogP contribution < -0.4 is 4.90 Å². The third-order valence-electron chi connectivity index (χ3n) is 3.29. The molecule has 1 saturated carbocycles. The Balaban J connectivity index is 2.56. The lowest BCUT2D eigenvalue weighted by Crippen LogP contribution is -2.27. The van der Waals surface area contributed by atoms with E-state index in [-0.39, 0.29) is 23.0 Å². The minimum absolute atomic E-state index is 0.151. The fourth-order valence-corrected chi connectivity index (χ4v) is 2.16. The van der Waals surface area contributed by atoms with Crippen LogP contribution in [0.2, 0.25) is 0 Å². The number of hydrogen-bond acceptors (Lipinski definition) is 5. The monoisotopic (exact) mass is 294 g/mol. The van der Waals surface area contributed by atoms with E-state index in [4.69, 9.17) is 0 Å². The Morgan fingerprint density at radius 1 is 1.62 bits per heavy atom. The third-order valence-corrected chi connectivity index (χ3v) is 3.29. The number of rotatable bonds is 6. The quantitative estimate of drug-likeness (QED) is 0.349. The predicted octanol–water partition coefficient (Wildman–Crippen LogP) is 2.68. The molecule has 0 spiro atoms. The summed E-state index contributed by atoms with van der Waals surface area (Å²) in [6, 6.07) is 2.10. The van der Waals surface area contributed by atoms with Gasteiger partial charge in [0.25, 0.3) is 5.69 Å². The molecule has 1 aromatic carbocycles. The van der Waals surface area contributed by atoms with Gasteiger partial charge < -0.3 is 9.64 Å². The molecule has 0 N–H and O–H groups in total. The second-order valence-electron chi connectivity index (χ2n) is 4.74. The van der Waals surface area contributed by atoms with E-state index < -0.39 is 16.7 Å². The number of anilines is 1. The summed E-state index contributed by atoms with van der Waals surface area (Å²) in [5, 5.41) is 11.1. The van der Waals surface area contributed by atoms with Crippen molar-refractivity contribution in [1.29, 1.82) is 0 Å². The minimum atomic E-state index is -0.966. The molecule has 112 valence electrons. The topological polar surface area (TPSA) is 72.7 Å². The van der Waals surface area contributed by atoms with E-state index in [2.05, 4.69) is 11.3 Å². The molecule has 7 heteroatoms. The molecule has 0 radical (unpaired) electrons. The molecular weight excluding hydrogens is 279 g/mol. The second-order valence-corrected chi connectivity index (χ2v) is 4.74. The average Bonchev–Trinajstić information content (AvgIpc) is 3.28. The van der Waals surface area contributed by atoms with Gasteiger partial charge >= 0.3 is 5.97 Å². The molecule has 0 unspecified atom stereocenters. The van der Waals surface area contributed by atoms with Gasteiger partial charge in [-0.2, -0.15) is 0 Å². The highest BCUT2D eigenvalue weighted by Gasteiger charge is 2.34. The van der Waals surface area contributed by atoms with Crippen LogP contribution in [0.3, 0.4) is 0 Å². The van der Waals surface area contributed by atoms with Gasteiger partial charge in [0, 0.05) is 12.6 Å². The molecule has 0 aromatic heterocycles. The van der Waals surface area contributed by atoms with E-state index >= 15 is 0 Å². The molecule has 0 saturated heterocycles. The molecule has 0 aliphatic heterocycles. The summed E-state index contributed by atoms with van der Waals surface area (Å²) in [6.45, 7) is 4.01. The van der Waals surface area contributed by atoms with Crippen LogP contribution in [0.15, 0.2) is 24.8 Å². The number of hydrogen-bond donors (Lipinski definition) is 0. The van der Waals surface area contributed by atoms with Crippen molar-refractivity contribution in [2.75, 3.05) is 18.6 Å². The lowest BCUT2D eigenvalue weighted by molar-refractivity contribution is -0.384. The Bertz CT molecular complexity index is 599. The van der Waals surface area contributed by atoms with E-state index in [9.17, 15) is 19.3 Å². The fourth-order valence-electron chi connectivity index (χ4n) is 2.16. The molecule has 1 aliphatic rings. The number of halogens is 1. The number of nitro benzene ring substituents is 1. The first-order chi connectivity index (χ1) is 9.99. The number of benzene rings is 1. The van der Waals surface area contributed by atoms with Gasteiger partial charge in [0.05, 0.1) is 23.7 Å². The molecule has 0 amide bonds. The van der Waals surface area contributed by atoms with E-state index in [1.165, 1.54) is 6.07 Å². The maximum Gasteiger partial charge on any atom is 0.340 e. The molecule has 1 aromatic rings. The number of carbonyl (C=O) groups is 1. The Kier molecular flexibility index (Phi) is 4.21. The number of carbonyl (C=O) groups excluding carboxylic acids is 1. The highest BCUT2D eigenvalue weighted by molar-refractivity contribution is 5.92. The zero-order valence-corrected chi connectivity index (χ0v) is 11.5. The summed E-state index contributed by atoms with van der Waals surface area (Å²) in [6.07, 6.45) is 3.41. The second kappa shape index (κ2) is 5.90. The van der Waals surface area contributed by atoms with Gasteiger partial charge in [-0.05, 0) is 18.9 Å². The maximum absolute atomic E-state index is 13.8. The fraction of sp³-hybridized carbons (Fsp3) is 0.357. The molecule has 1 aliphatic carbocycles. The van der Waals surface area contributed by atoms with Gasteiger partial charge in [0.1, 0.15) is 11.5 Å². The SMILES string of the molecule is C=CCN(c1cc(C(=O)OC)c(F)cc1[N+](=O)[O-])C1CC1. The van der Waals surface area contributed by atoms with Crippen molar-refractivity contribution in [1.82, 2.24) is 0 Å². The van der Waals surface area contributed by atoms with Crippen molar-refractivity contribution < 1.29 is 18.8 Å². The van der Waals surface area contributed by atoms with E-state index in [1.807, 2.05) is 0 Å². The van der Waals surface area contributed by atoms with Gasteiger partial charge in [-0.25, -0.2) is 9.18 Å². The number of ether oxygens (including phenoxy) is 1. The lowest BCUT2D eigenvalue weighted by Gasteiger charge is -2.23. The molecule has 6 nitrogen and oxygen atoms in total. The largest absolute Gasteiger partial charge is 0.465 e. The van der Waals surface area contributed by atoms with Crippen molar-refractivity contribution in [3.8, 4) is 0 Å². The molecular formula is C14H15FN2O4. The highest BCUT2D eigenvalue weighted by Crippen LogP contribution is 2.38. The van der Waals surface area contributed by atoms with Crippen molar-refractivity contribution in [3.63, 3.8) is 0 Å². The number of methoxy groups -OCH3 is 1. The van der Waals surface area contributed by atoms with Gasteiger partial charge in [-0.1, -0.05) is 6.08 Å². The molecule has 21 heavy (non-hydrogen) atoms. The van der Waals surface area contributed by atoms with Crippen molar-refractivity contribution >= 4 is 17.3 Å². The summed E-state index contributed by atoms with van der Waals surface area (Å²) in [5.41, 5.74) is -0.467. The van der Waals surface area contributed by atoms with Crippen molar-refractivity contribution in [2.24, 2.45) is 0 Å². The number of nitro groups is 1. The predicted molar refractivity (Wildman–Crippen MR) is 75.0 cm³/mol. The van der Waals surface area contributed by atoms with E-state index in [1.54, 1.807) is 11.0 Å². The Morgan fingerprint density at radius 3 is 2.76 bits per heavy atom. The third kappa shape index (κ3) is 3.01. The molecule has 2 rings (SSSR count). The van der Waals surface area contributed by atoms with E-state index in [0.717, 1.165) is 26.0 Å². The lowest BCUT2D eigenvalue weighted by atomic mass is 10.1. The Labute approximate surface area is 121 Å². The summed E-state index contributed by atoms with van der Waals surface area (Å²) in [5.74, 6) is -1.83. The Morgan fingerprint density at radius 2 is 2.29 bits per heavy atom.